The van der Waals surface area contributed by atoms with Gasteiger partial charge in [0, 0.05) is 11.1 Å². The number of hydrogen-bond acceptors (Lipinski definition) is 0. The van der Waals surface area contributed by atoms with Crippen LogP contribution in [0.1, 0.15) is 0 Å². The predicted molar refractivity (Wildman–Crippen MR) is 30.2 cm³/mol. The van der Waals surface area contributed by atoms with Crippen molar-refractivity contribution >= 4 is 11.6 Å². The summed E-state index contributed by atoms with van der Waals surface area (Å²) in [5.41, 5.74) is 0. The van der Waals surface area contributed by atoms with Crippen LogP contribution in [0.15, 0.2) is 18.2 Å². The molecule has 41 valence electrons. The van der Waals surface area contributed by atoms with E-state index in [1.54, 1.807) is 0 Å². The fourth-order valence-electron chi connectivity index (χ4n) is 0.387. The number of halogens is 2. The van der Waals surface area contributed by atoms with Gasteiger partial charge in [0.2, 0.25) is 0 Å². The first-order valence-electron chi connectivity index (χ1n) is 2.12. The van der Waals surface area contributed by atoms with Gasteiger partial charge in [-0.3, -0.25) is 0 Å². The van der Waals surface area contributed by atoms with Crippen molar-refractivity contribution in [1.82, 2.24) is 0 Å². The summed E-state index contributed by atoms with van der Waals surface area (Å²) >= 11 is 5.41. The first-order valence-corrected chi connectivity index (χ1v) is 2.49. The molecule has 0 aliphatic carbocycles. The minimum absolute atomic E-state index is 0.380. The Morgan fingerprint density at radius 3 is 2.62 bits per heavy atom. The normalized spacial score (nSPS) is 9.25. The molecule has 8 heavy (non-hydrogen) atoms. The molecular formula is C6H3ClF. The molecule has 0 N–H and O–H groups in total. The summed E-state index contributed by atoms with van der Waals surface area (Å²) in [7, 11) is 0. The van der Waals surface area contributed by atoms with Crippen LogP contribution in [0.25, 0.3) is 0 Å². The predicted octanol–water partition coefficient (Wildman–Crippen LogP) is 2.28. The minimum atomic E-state index is -0.380. The van der Waals surface area contributed by atoms with Crippen LogP contribution in [0.3, 0.4) is 0 Å². The van der Waals surface area contributed by atoms with Gasteiger partial charge in [0.1, 0.15) is 5.82 Å². The minimum Gasteiger partial charge on any atom is -0.206 e. The van der Waals surface area contributed by atoms with Gasteiger partial charge < -0.3 is 0 Å². The van der Waals surface area contributed by atoms with E-state index in [0.29, 0.717) is 5.02 Å². The zero-order chi connectivity index (χ0) is 5.98. The van der Waals surface area contributed by atoms with E-state index in [1.165, 1.54) is 18.2 Å². The zero-order valence-electron chi connectivity index (χ0n) is 3.99. The number of rotatable bonds is 0. The maximum atomic E-state index is 12.0. The second kappa shape index (κ2) is 2.14. The van der Waals surface area contributed by atoms with E-state index in [2.05, 4.69) is 6.07 Å². The largest absolute Gasteiger partial charge is 0.206 e. The van der Waals surface area contributed by atoms with Crippen LogP contribution in [0, 0.1) is 11.9 Å². The lowest BCUT2D eigenvalue weighted by Crippen LogP contribution is -1.68. The van der Waals surface area contributed by atoms with E-state index in [0.717, 1.165) is 0 Å². The van der Waals surface area contributed by atoms with Crippen LogP contribution in [0.5, 0.6) is 0 Å². The molecule has 0 saturated carbocycles. The molecule has 1 radical (unpaired) electrons. The summed E-state index contributed by atoms with van der Waals surface area (Å²) < 4.78 is 12.0. The van der Waals surface area contributed by atoms with E-state index in [9.17, 15) is 4.39 Å². The van der Waals surface area contributed by atoms with E-state index in [1.807, 2.05) is 0 Å². The van der Waals surface area contributed by atoms with Gasteiger partial charge in [-0.2, -0.15) is 0 Å². The molecule has 1 aromatic carbocycles. The van der Waals surface area contributed by atoms with Gasteiger partial charge >= 0.3 is 0 Å². The SMILES string of the molecule is Fc1[c]cc(Cl)cc1. The molecule has 2 heteroatoms. The van der Waals surface area contributed by atoms with Gasteiger partial charge in [-0.05, 0) is 18.2 Å². The molecule has 0 aliphatic rings. The molecule has 0 saturated heterocycles. The van der Waals surface area contributed by atoms with E-state index < -0.39 is 0 Å². The number of benzene rings is 1. The van der Waals surface area contributed by atoms with Crippen molar-refractivity contribution in [3.63, 3.8) is 0 Å². The lowest BCUT2D eigenvalue weighted by Gasteiger charge is -1.84. The van der Waals surface area contributed by atoms with Crippen molar-refractivity contribution in [2.24, 2.45) is 0 Å². The standard InChI is InChI=1S/C6H3ClF/c7-5-1-3-6(8)4-2-5/h1-3H. The van der Waals surface area contributed by atoms with Crippen molar-refractivity contribution in [2.45, 2.75) is 0 Å². The third-order valence-electron chi connectivity index (χ3n) is 0.737. The summed E-state index contributed by atoms with van der Waals surface area (Å²) in [4.78, 5) is 0. The third kappa shape index (κ3) is 1.20. The topological polar surface area (TPSA) is 0 Å². The van der Waals surface area contributed by atoms with Gasteiger partial charge in [0.15, 0.2) is 0 Å². The first-order chi connectivity index (χ1) is 3.79. The second-order valence-electron chi connectivity index (χ2n) is 1.35. The van der Waals surface area contributed by atoms with Crippen molar-refractivity contribution in [2.75, 3.05) is 0 Å². The van der Waals surface area contributed by atoms with E-state index in [-0.39, 0.29) is 5.82 Å². The third-order valence-corrected chi connectivity index (χ3v) is 0.972. The maximum Gasteiger partial charge on any atom is 0.131 e. The van der Waals surface area contributed by atoms with Crippen molar-refractivity contribution in [3.8, 4) is 0 Å². The van der Waals surface area contributed by atoms with Gasteiger partial charge in [-0.1, -0.05) is 11.6 Å². The van der Waals surface area contributed by atoms with Crippen LogP contribution in [0.4, 0.5) is 4.39 Å². The molecular weight excluding hydrogens is 127 g/mol. The highest BCUT2D eigenvalue weighted by Gasteiger charge is 1.86. The van der Waals surface area contributed by atoms with Crippen LogP contribution in [-0.2, 0) is 0 Å². The quantitative estimate of drug-likeness (QED) is 0.504. The highest BCUT2D eigenvalue weighted by Crippen LogP contribution is 2.06. The molecule has 0 aliphatic heterocycles. The van der Waals surface area contributed by atoms with Gasteiger partial charge in [0.25, 0.3) is 0 Å². The summed E-state index contributed by atoms with van der Waals surface area (Å²) in [6.45, 7) is 0. The van der Waals surface area contributed by atoms with Crippen LogP contribution in [-0.4, -0.2) is 0 Å². The fraction of sp³-hybridized carbons (Fsp3) is 0. The van der Waals surface area contributed by atoms with Crippen molar-refractivity contribution in [1.29, 1.82) is 0 Å². The van der Waals surface area contributed by atoms with E-state index >= 15 is 0 Å². The molecule has 0 unspecified atom stereocenters. The van der Waals surface area contributed by atoms with Gasteiger partial charge in [-0.15, -0.1) is 0 Å². The Morgan fingerprint density at radius 1 is 1.50 bits per heavy atom. The lowest BCUT2D eigenvalue weighted by atomic mass is 10.4. The Bertz CT molecular complexity index is 147. The lowest BCUT2D eigenvalue weighted by molar-refractivity contribution is 0.625. The van der Waals surface area contributed by atoms with Crippen LogP contribution < -0.4 is 0 Å². The average Bonchev–Trinajstić information content (AvgIpc) is 1.77. The van der Waals surface area contributed by atoms with Gasteiger partial charge in [-0.25, -0.2) is 4.39 Å². The Kier molecular flexibility index (Phi) is 1.49. The molecule has 0 heterocycles. The molecule has 0 amide bonds. The summed E-state index contributed by atoms with van der Waals surface area (Å²) in [5.74, 6) is -0.380. The van der Waals surface area contributed by atoms with Gasteiger partial charge in [0.05, 0.1) is 0 Å². The molecule has 0 aromatic heterocycles. The highest BCUT2D eigenvalue weighted by atomic mass is 35.5. The Hall–Kier alpha value is -0.560. The van der Waals surface area contributed by atoms with Crippen molar-refractivity contribution in [3.05, 3.63) is 35.1 Å². The Labute approximate surface area is 51.9 Å². The van der Waals surface area contributed by atoms with E-state index in [4.69, 9.17) is 11.6 Å². The summed E-state index contributed by atoms with van der Waals surface area (Å²) in [6, 6.07) is 6.43. The fourth-order valence-corrected chi connectivity index (χ4v) is 0.504. The first kappa shape index (κ1) is 5.57. The maximum absolute atomic E-state index is 12.0. The average molecular weight is 130 g/mol. The molecule has 1 rings (SSSR count). The van der Waals surface area contributed by atoms with Crippen molar-refractivity contribution < 1.29 is 4.39 Å². The Morgan fingerprint density at radius 2 is 2.25 bits per heavy atom. The molecule has 0 spiro atoms. The van der Waals surface area contributed by atoms with Crippen LogP contribution >= 0.6 is 11.6 Å². The molecule has 0 fully saturated rings. The zero-order valence-corrected chi connectivity index (χ0v) is 4.74. The molecule has 0 nitrogen and oxygen atoms in total. The summed E-state index contributed by atoms with van der Waals surface area (Å²) in [5, 5.41) is 0.506. The molecule has 1 aromatic rings. The highest BCUT2D eigenvalue weighted by molar-refractivity contribution is 6.30. The van der Waals surface area contributed by atoms with Crippen LogP contribution in [0.2, 0.25) is 5.02 Å². The smallest absolute Gasteiger partial charge is 0.131 e. The number of hydrogen-bond donors (Lipinski definition) is 0. The monoisotopic (exact) mass is 129 g/mol. The second-order valence-corrected chi connectivity index (χ2v) is 1.79. The Balaban J connectivity index is 3.03. The molecule has 0 atom stereocenters. The molecule has 0 bridgehead atoms. The summed E-state index contributed by atoms with van der Waals surface area (Å²) in [6.07, 6.45) is 0.